The van der Waals surface area contributed by atoms with E-state index in [1.54, 1.807) is 15.9 Å². The first-order chi connectivity index (χ1) is 15.7. The molecule has 0 saturated carbocycles. The van der Waals surface area contributed by atoms with Gasteiger partial charge in [-0.25, -0.2) is 0 Å². The number of fused-ring (bicyclic) bond motifs is 1. The summed E-state index contributed by atoms with van der Waals surface area (Å²) in [7, 11) is 0. The normalized spacial score (nSPS) is 16.5. The number of nitrogens with zero attached hydrogens (tertiary/aromatic N) is 3. The molecule has 0 unspecified atom stereocenters. The molecular weight excluding hydrogens is 435 g/mol. The van der Waals surface area contributed by atoms with E-state index in [-0.39, 0.29) is 18.4 Å². The highest BCUT2D eigenvalue weighted by atomic mass is 19.4. The zero-order chi connectivity index (χ0) is 23.6. The fourth-order valence-corrected chi connectivity index (χ4v) is 4.20. The maximum absolute atomic E-state index is 13.0. The molecule has 4 rings (SSSR count). The summed E-state index contributed by atoms with van der Waals surface area (Å²) in [6.07, 6.45) is -3.56. The Morgan fingerprint density at radius 1 is 1.06 bits per heavy atom. The summed E-state index contributed by atoms with van der Waals surface area (Å²) in [4.78, 5) is 30.2. The van der Waals surface area contributed by atoms with Gasteiger partial charge < -0.3 is 19.4 Å². The Labute approximate surface area is 190 Å². The van der Waals surface area contributed by atoms with Crippen LogP contribution < -0.4 is 14.5 Å². The zero-order valence-electron chi connectivity index (χ0n) is 18.4. The van der Waals surface area contributed by atoms with Crippen LogP contribution >= 0.6 is 0 Å². The first-order valence-corrected chi connectivity index (χ1v) is 11.0. The van der Waals surface area contributed by atoms with Crippen LogP contribution in [0.25, 0.3) is 0 Å². The molecule has 1 fully saturated rings. The van der Waals surface area contributed by atoms with Gasteiger partial charge in [0.1, 0.15) is 5.75 Å². The topological polar surface area (TPSA) is 53.1 Å². The van der Waals surface area contributed by atoms with E-state index in [4.69, 9.17) is 4.74 Å². The summed E-state index contributed by atoms with van der Waals surface area (Å²) in [6, 6.07) is 10.9. The Morgan fingerprint density at radius 3 is 2.55 bits per heavy atom. The molecule has 2 heterocycles. The van der Waals surface area contributed by atoms with Gasteiger partial charge in [0.2, 0.25) is 5.91 Å². The minimum atomic E-state index is -4.38. The summed E-state index contributed by atoms with van der Waals surface area (Å²) in [5, 5.41) is 0. The van der Waals surface area contributed by atoms with Crippen LogP contribution in [0.15, 0.2) is 42.5 Å². The van der Waals surface area contributed by atoms with E-state index in [1.165, 1.54) is 6.07 Å². The van der Waals surface area contributed by atoms with Crippen molar-refractivity contribution in [3.63, 3.8) is 0 Å². The second-order valence-corrected chi connectivity index (χ2v) is 8.32. The summed E-state index contributed by atoms with van der Waals surface area (Å²) < 4.78 is 44.4. The first kappa shape index (κ1) is 22.9. The fourth-order valence-electron chi connectivity index (χ4n) is 4.20. The van der Waals surface area contributed by atoms with E-state index >= 15 is 0 Å². The molecule has 0 atom stereocenters. The smallest absolute Gasteiger partial charge is 0.416 e. The molecule has 9 heteroatoms. The number of piperazine rings is 1. The van der Waals surface area contributed by atoms with E-state index in [0.29, 0.717) is 57.0 Å². The summed E-state index contributed by atoms with van der Waals surface area (Å²) in [5.41, 5.74) is 1.60. The standard InChI is InChI=1S/C24H26F3N3O3/c1-17-7-8-20-21(14-17)33-16-23(32)30(20)9-3-6-22(31)29-12-10-28(11-13-29)19-5-2-4-18(15-19)24(25,26)27/h2,4-5,7-8,14-15H,3,6,9-13,16H2,1H3. The summed E-state index contributed by atoms with van der Waals surface area (Å²) >= 11 is 0. The molecule has 1 saturated heterocycles. The van der Waals surface area contributed by atoms with E-state index in [2.05, 4.69) is 0 Å². The number of benzene rings is 2. The molecular formula is C24H26F3N3O3. The Bertz CT molecular complexity index is 1030. The molecule has 0 N–H and O–H groups in total. The monoisotopic (exact) mass is 461 g/mol. The van der Waals surface area contributed by atoms with Gasteiger partial charge in [0, 0.05) is 44.8 Å². The van der Waals surface area contributed by atoms with Crippen molar-refractivity contribution in [1.29, 1.82) is 0 Å². The number of carbonyl (C=O) groups is 2. The number of hydrogen-bond acceptors (Lipinski definition) is 4. The van der Waals surface area contributed by atoms with Gasteiger partial charge >= 0.3 is 6.18 Å². The van der Waals surface area contributed by atoms with Crippen molar-refractivity contribution in [2.45, 2.75) is 25.9 Å². The number of carbonyl (C=O) groups excluding carboxylic acids is 2. The van der Waals surface area contributed by atoms with Gasteiger partial charge in [-0.15, -0.1) is 0 Å². The number of alkyl halides is 3. The number of halogens is 3. The molecule has 2 aromatic carbocycles. The lowest BCUT2D eigenvalue weighted by molar-refractivity contribution is -0.137. The minimum Gasteiger partial charge on any atom is -0.482 e. The van der Waals surface area contributed by atoms with Crippen molar-refractivity contribution >= 4 is 23.2 Å². The third-order valence-electron chi connectivity index (χ3n) is 6.00. The maximum atomic E-state index is 13.0. The van der Waals surface area contributed by atoms with Gasteiger partial charge in [0.15, 0.2) is 6.61 Å². The van der Waals surface area contributed by atoms with Crippen LogP contribution in [-0.2, 0) is 15.8 Å². The Kier molecular flexibility index (Phi) is 6.49. The molecule has 176 valence electrons. The van der Waals surface area contributed by atoms with Crippen molar-refractivity contribution in [3.05, 3.63) is 53.6 Å². The molecule has 0 radical (unpaired) electrons. The van der Waals surface area contributed by atoms with Gasteiger partial charge in [-0.1, -0.05) is 12.1 Å². The van der Waals surface area contributed by atoms with Crippen LogP contribution in [0.2, 0.25) is 0 Å². The third-order valence-corrected chi connectivity index (χ3v) is 6.00. The van der Waals surface area contributed by atoms with E-state index < -0.39 is 11.7 Å². The van der Waals surface area contributed by atoms with Crippen LogP contribution in [0.5, 0.6) is 5.75 Å². The molecule has 0 spiro atoms. The maximum Gasteiger partial charge on any atom is 0.416 e. The molecule has 2 aliphatic heterocycles. The van der Waals surface area contributed by atoms with Gasteiger partial charge in [-0.2, -0.15) is 13.2 Å². The lowest BCUT2D eigenvalue weighted by atomic mass is 10.1. The van der Waals surface area contributed by atoms with Gasteiger partial charge in [0.25, 0.3) is 5.91 Å². The number of amides is 2. The predicted molar refractivity (Wildman–Crippen MR) is 118 cm³/mol. The van der Waals surface area contributed by atoms with Crippen LogP contribution in [-0.4, -0.2) is 56.0 Å². The quantitative estimate of drug-likeness (QED) is 0.679. The van der Waals surface area contributed by atoms with Crippen molar-refractivity contribution in [3.8, 4) is 5.75 Å². The number of ether oxygens (including phenoxy) is 1. The number of aryl methyl sites for hydroxylation is 1. The molecule has 33 heavy (non-hydrogen) atoms. The Balaban J connectivity index is 1.28. The average Bonchev–Trinajstić information content (AvgIpc) is 2.80. The van der Waals surface area contributed by atoms with Crippen molar-refractivity contribution in [2.24, 2.45) is 0 Å². The van der Waals surface area contributed by atoms with Crippen LogP contribution in [0.3, 0.4) is 0 Å². The highest BCUT2D eigenvalue weighted by Gasteiger charge is 2.31. The van der Waals surface area contributed by atoms with Crippen molar-refractivity contribution in [2.75, 3.05) is 49.1 Å². The zero-order valence-corrected chi connectivity index (χ0v) is 18.4. The Morgan fingerprint density at radius 2 is 1.82 bits per heavy atom. The van der Waals surface area contributed by atoms with Gasteiger partial charge in [-0.3, -0.25) is 9.59 Å². The Hall–Kier alpha value is -3.23. The lowest BCUT2D eigenvalue weighted by Crippen LogP contribution is -2.49. The van der Waals surface area contributed by atoms with Gasteiger partial charge in [-0.05, 0) is 49.2 Å². The molecule has 2 aromatic rings. The summed E-state index contributed by atoms with van der Waals surface area (Å²) in [6.45, 7) is 4.22. The second kappa shape index (κ2) is 9.33. The molecule has 0 aliphatic carbocycles. The molecule has 6 nitrogen and oxygen atoms in total. The fraction of sp³-hybridized carbons (Fsp3) is 0.417. The molecule has 2 amide bonds. The second-order valence-electron chi connectivity index (χ2n) is 8.32. The SMILES string of the molecule is Cc1ccc2c(c1)OCC(=O)N2CCCC(=O)N1CCN(c2cccc(C(F)(F)F)c2)CC1. The lowest BCUT2D eigenvalue weighted by Gasteiger charge is -2.36. The molecule has 0 aromatic heterocycles. The van der Waals surface area contributed by atoms with E-state index in [1.807, 2.05) is 30.0 Å². The van der Waals surface area contributed by atoms with Crippen LogP contribution in [0, 0.1) is 6.92 Å². The number of rotatable bonds is 5. The molecule has 2 aliphatic rings. The highest BCUT2D eigenvalue weighted by Crippen LogP contribution is 2.33. The predicted octanol–water partition coefficient (Wildman–Crippen LogP) is 3.87. The van der Waals surface area contributed by atoms with Crippen molar-refractivity contribution in [1.82, 2.24) is 4.90 Å². The average molecular weight is 461 g/mol. The minimum absolute atomic E-state index is 0.0106. The largest absolute Gasteiger partial charge is 0.482 e. The molecule has 0 bridgehead atoms. The first-order valence-electron chi connectivity index (χ1n) is 11.0. The number of anilines is 2. The summed E-state index contributed by atoms with van der Waals surface area (Å²) in [5.74, 6) is 0.531. The van der Waals surface area contributed by atoms with E-state index in [9.17, 15) is 22.8 Å². The van der Waals surface area contributed by atoms with Gasteiger partial charge in [0.05, 0.1) is 11.3 Å². The highest BCUT2D eigenvalue weighted by molar-refractivity contribution is 5.97. The number of hydrogen-bond donors (Lipinski definition) is 0. The van der Waals surface area contributed by atoms with Crippen LogP contribution in [0.1, 0.15) is 24.0 Å². The van der Waals surface area contributed by atoms with Crippen molar-refractivity contribution < 1.29 is 27.5 Å². The van der Waals surface area contributed by atoms with E-state index in [0.717, 1.165) is 23.4 Å². The third kappa shape index (κ3) is 5.23. The van der Waals surface area contributed by atoms with Crippen LogP contribution in [0.4, 0.5) is 24.5 Å².